The molecule has 0 unspecified atom stereocenters. The second-order valence-corrected chi connectivity index (χ2v) is 6.63. The number of nitrogens with zero attached hydrogens (tertiary/aromatic N) is 2. The van der Waals surface area contributed by atoms with Gasteiger partial charge in [-0.1, -0.05) is 35.9 Å². The number of para-hydroxylation sites is 2. The van der Waals surface area contributed by atoms with Crippen LogP contribution in [-0.4, -0.2) is 16.7 Å². The highest BCUT2D eigenvalue weighted by molar-refractivity contribution is 6.30. The molecule has 27 heavy (non-hydrogen) atoms. The van der Waals surface area contributed by atoms with Crippen LogP contribution in [0.2, 0.25) is 5.02 Å². The normalized spacial score (nSPS) is 10.9. The van der Waals surface area contributed by atoms with E-state index in [0.29, 0.717) is 13.2 Å². The zero-order valence-corrected chi connectivity index (χ0v) is 15.7. The fourth-order valence-corrected chi connectivity index (χ4v) is 3.26. The van der Waals surface area contributed by atoms with Gasteiger partial charge in [-0.2, -0.15) is 0 Å². The number of halogens is 1. The summed E-state index contributed by atoms with van der Waals surface area (Å²) < 4.78 is 13.3. The molecule has 4 rings (SSSR count). The van der Waals surface area contributed by atoms with Crippen molar-refractivity contribution in [1.82, 2.24) is 9.55 Å². The fraction of sp³-hybridized carbons (Fsp3) is 0.136. The number of fused-ring (bicyclic) bond motifs is 1. The summed E-state index contributed by atoms with van der Waals surface area (Å²) in [6, 6.07) is 23.5. The summed E-state index contributed by atoms with van der Waals surface area (Å²) in [6.45, 7) is 1.06. The standard InChI is InChI=1S/C22H19ClN2O2/c1-26-18-9-11-19(12-10-18)27-15-22-24-20-7-2-3-8-21(20)25(22)14-16-5-4-6-17(23)13-16/h2-13H,14-15H2,1H3. The van der Waals surface area contributed by atoms with Crippen LogP contribution in [0.5, 0.6) is 11.5 Å². The van der Waals surface area contributed by atoms with Gasteiger partial charge < -0.3 is 14.0 Å². The molecule has 0 spiro atoms. The predicted octanol–water partition coefficient (Wildman–Crippen LogP) is 5.33. The Morgan fingerprint density at radius 1 is 0.926 bits per heavy atom. The number of imidazole rings is 1. The lowest BCUT2D eigenvalue weighted by molar-refractivity contribution is 0.290. The Hall–Kier alpha value is -2.98. The van der Waals surface area contributed by atoms with E-state index in [1.807, 2.05) is 60.7 Å². The van der Waals surface area contributed by atoms with E-state index in [9.17, 15) is 0 Å². The van der Waals surface area contributed by atoms with Gasteiger partial charge in [0.2, 0.25) is 0 Å². The Bertz CT molecular complexity index is 1060. The molecule has 0 radical (unpaired) electrons. The van der Waals surface area contributed by atoms with E-state index in [1.54, 1.807) is 7.11 Å². The van der Waals surface area contributed by atoms with Gasteiger partial charge in [0.15, 0.2) is 0 Å². The Balaban J connectivity index is 1.62. The summed E-state index contributed by atoms with van der Waals surface area (Å²) >= 11 is 6.15. The maximum absolute atomic E-state index is 6.15. The summed E-state index contributed by atoms with van der Waals surface area (Å²) in [5, 5.41) is 0.730. The SMILES string of the molecule is COc1ccc(OCc2nc3ccccc3n2Cc2cccc(Cl)c2)cc1. The molecule has 4 aromatic rings. The Morgan fingerprint density at radius 2 is 1.70 bits per heavy atom. The minimum Gasteiger partial charge on any atom is -0.497 e. The molecular weight excluding hydrogens is 360 g/mol. The van der Waals surface area contributed by atoms with E-state index in [-0.39, 0.29) is 0 Å². The summed E-state index contributed by atoms with van der Waals surface area (Å²) in [7, 11) is 1.65. The number of methoxy groups -OCH3 is 1. The smallest absolute Gasteiger partial charge is 0.148 e. The third-order valence-electron chi connectivity index (χ3n) is 4.39. The van der Waals surface area contributed by atoms with Crippen LogP contribution in [0.4, 0.5) is 0 Å². The average Bonchev–Trinajstić information content (AvgIpc) is 3.04. The molecule has 0 aliphatic carbocycles. The van der Waals surface area contributed by atoms with E-state index >= 15 is 0 Å². The first-order valence-electron chi connectivity index (χ1n) is 8.68. The molecule has 0 aliphatic heterocycles. The van der Waals surface area contributed by atoms with Gasteiger partial charge in [0.1, 0.15) is 23.9 Å². The van der Waals surface area contributed by atoms with Crippen LogP contribution in [0.3, 0.4) is 0 Å². The highest BCUT2D eigenvalue weighted by Gasteiger charge is 2.12. The van der Waals surface area contributed by atoms with E-state index < -0.39 is 0 Å². The van der Waals surface area contributed by atoms with Gasteiger partial charge in [-0.25, -0.2) is 4.98 Å². The van der Waals surface area contributed by atoms with Gasteiger partial charge >= 0.3 is 0 Å². The molecule has 3 aromatic carbocycles. The number of hydrogen-bond acceptors (Lipinski definition) is 3. The van der Waals surface area contributed by atoms with Gasteiger partial charge in [-0.05, 0) is 54.1 Å². The second kappa shape index (κ2) is 7.72. The van der Waals surface area contributed by atoms with E-state index in [4.69, 9.17) is 26.1 Å². The quantitative estimate of drug-likeness (QED) is 0.455. The number of benzene rings is 3. The fourth-order valence-electron chi connectivity index (χ4n) is 3.05. The van der Waals surface area contributed by atoms with Crippen molar-refractivity contribution in [3.63, 3.8) is 0 Å². The molecule has 5 heteroatoms. The molecule has 0 saturated heterocycles. The minimum atomic E-state index is 0.377. The van der Waals surface area contributed by atoms with Crippen LogP contribution in [0, 0.1) is 0 Å². The van der Waals surface area contributed by atoms with Crippen LogP contribution in [0.1, 0.15) is 11.4 Å². The number of hydrogen-bond donors (Lipinski definition) is 0. The predicted molar refractivity (Wildman–Crippen MR) is 108 cm³/mol. The van der Waals surface area contributed by atoms with Crippen molar-refractivity contribution < 1.29 is 9.47 Å². The third-order valence-corrected chi connectivity index (χ3v) is 4.63. The topological polar surface area (TPSA) is 36.3 Å². The van der Waals surface area contributed by atoms with E-state index in [1.165, 1.54) is 0 Å². The van der Waals surface area contributed by atoms with Crippen molar-refractivity contribution in [3.05, 3.63) is 89.2 Å². The maximum atomic E-state index is 6.15. The van der Waals surface area contributed by atoms with Crippen molar-refractivity contribution >= 4 is 22.6 Å². The van der Waals surface area contributed by atoms with Crippen LogP contribution in [0.15, 0.2) is 72.8 Å². The first kappa shape index (κ1) is 17.4. The third kappa shape index (κ3) is 3.91. The molecule has 1 heterocycles. The molecule has 136 valence electrons. The second-order valence-electron chi connectivity index (χ2n) is 6.20. The van der Waals surface area contributed by atoms with E-state index in [0.717, 1.165) is 38.9 Å². The number of rotatable bonds is 6. The maximum Gasteiger partial charge on any atom is 0.148 e. The highest BCUT2D eigenvalue weighted by Crippen LogP contribution is 2.22. The molecule has 0 N–H and O–H groups in total. The van der Waals surface area contributed by atoms with Crippen LogP contribution < -0.4 is 9.47 Å². The van der Waals surface area contributed by atoms with Crippen molar-refractivity contribution in [2.45, 2.75) is 13.2 Å². The van der Waals surface area contributed by atoms with Crippen molar-refractivity contribution in [2.75, 3.05) is 7.11 Å². The zero-order valence-electron chi connectivity index (χ0n) is 14.9. The van der Waals surface area contributed by atoms with Crippen LogP contribution in [0.25, 0.3) is 11.0 Å². The van der Waals surface area contributed by atoms with Gasteiger partial charge in [0.05, 0.1) is 18.1 Å². The summed E-state index contributed by atoms with van der Waals surface area (Å²) in [5.74, 6) is 2.44. The molecule has 0 atom stereocenters. The molecular formula is C22H19ClN2O2. The van der Waals surface area contributed by atoms with Gasteiger partial charge in [0, 0.05) is 11.6 Å². The molecule has 0 fully saturated rings. The summed E-state index contributed by atoms with van der Waals surface area (Å²) in [4.78, 5) is 4.76. The lowest BCUT2D eigenvalue weighted by atomic mass is 10.2. The summed E-state index contributed by atoms with van der Waals surface area (Å²) in [6.07, 6.45) is 0. The Labute approximate surface area is 162 Å². The number of aromatic nitrogens is 2. The molecule has 0 aliphatic rings. The molecule has 0 saturated carbocycles. The molecule has 0 amide bonds. The molecule has 0 bridgehead atoms. The molecule has 4 nitrogen and oxygen atoms in total. The van der Waals surface area contributed by atoms with Gasteiger partial charge in [-0.3, -0.25) is 0 Å². The van der Waals surface area contributed by atoms with Crippen LogP contribution in [-0.2, 0) is 13.2 Å². The highest BCUT2D eigenvalue weighted by atomic mass is 35.5. The average molecular weight is 379 g/mol. The Morgan fingerprint density at radius 3 is 2.48 bits per heavy atom. The van der Waals surface area contributed by atoms with Gasteiger partial charge in [0.25, 0.3) is 0 Å². The monoisotopic (exact) mass is 378 g/mol. The van der Waals surface area contributed by atoms with Crippen molar-refractivity contribution in [1.29, 1.82) is 0 Å². The van der Waals surface area contributed by atoms with Gasteiger partial charge in [-0.15, -0.1) is 0 Å². The van der Waals surface area contributed by atoms with Crippen molar-refractivity contribution in [2.24, 2.45) is 0 Å². The minimum absolute atomic E-state index is 0.377. The largest absolute Gasteiger partial charge is 0.497 e. The van der Waals surface area contributed by atoms with Crippen molar-refractivity contribution in [3.8, 4) is 11.5 Å². The first-order valence-corrected chi connectivity index (χ1v) is 9.06. The number of ether oxygens (including phenoxy) is 2. The Kier molecular flexibility index (Phi) is 4.99. The molecule has 1 aromatic heterocycles. The van der Waals surface area contributed by atoms with Crippen LogP contribution >= 0.6 is 11.6 Å². The zero-order chi connectivity index (χ0) is 18.6. The van der Waals surface area contributed by atoms with E-state index in [2.05, 4.69) is 16.7 Å². The lowest BCUT2D eigenvalue weighted by Crippen LogP contribution is -2.08. The summed E-state index contributed by atoms with van der Waals surface area (Å²) in [5.41, 5.74) is 3.15. The lowest BCUT2D eigenvalue weighted by Gasteiger charge is -2.11. The first-order chi connectivity index (χ1) is 13.2.